The van der Waals surface area contributed by atoms with Gasteiger partial charge in [-0.2, -0.15) is 0 Å². The maximum Gasteiger partial charge on any atom is 0.0142 e. The Balaban J connectivity index is 1.75. The second-order valence-electron chi connectivity index (χ2n) is 7.38. The molecule has 0 fully saturated rings. The van der Waals surface area contributed by atoms with Crippen LogP contribution in [0.4, 0.5) is 0 Å². The van der Waals surface area contributed by atoms with E-state index in [0.29, 0.717) is 5.92 Å². The van der Waals surface area contributed by atoms with E-state index in [1.807, 2.05) is 0 Å². The van der Waals surface area contributed by atoms with E-state index in [1.54, 1.807) is 0 Å². The monoisotopic (exact) mass is 358 g/mol. The summed E-state index contributed by atoms with van der Waals surface area (Å²) in [7, 11) is 0. The van der Waals surface area contributed by atoms with Crippen molar-refractivity contribution in [2.24, 2.45) is 0 Å². The minimum absolute atomic E-state index is 0.305. The first kappa shape index (κ1) is 16.8. The van der Waals surface area contributed by atoms with Gasteiger partial charge in [-0.05, 0) is 44.7 Å². The molecular formula is C28H22. The van der Waals surface area contributed by atoms with Gasteiger partial charge in [0.2, 0.25) is 0 Å². The van der Waals surface area contributed by atoms with Crippen LogP contribution < -0.4 is 0 Å². The van der Waals surface area contributed by atoms with E-state index in [-0.39, 0.29) is 0 Å². The first-order chi connectivity index (χ1) is 13.9. The Hall–Kier alpha value is -3.38. The van der Waals surface area contributed by atoms with Gasteiger partial charge in [0.15, 0.2) is 0 Å². The summed E-state index contributed by atoms with van der Waals surface area (Å²) in [5.74, 6) is 0.305. The average molecular weight is 358 g/mol. The van der Waals surface area contributed by atoms with E-state index >= 15 is 0 Å². The standard InChI is InChI=1S/C28H22/c1-2-10-21(11-3-1)20-28(26-18-8-14-22-12-4-6-16-24(22)26)27-19-9-15-23-13-5-7-17-25(23)27/h1-19,28H,20H2. The molecule has 0 aromatic heterocycles. The molecule has 134 valence electrons. The summed E-state index contributed by atoms with van der Waals surface area (Å²) in [5, 5.41) is 5.30. The highest BCUT2D eigenvalue weighted by molar-refractivity contribution is 5.90. The van der Waals surface area contributed by atoms with Gasteiger partial charge in [0.25, 0.3) is 0 Å². The molecule has 0 radical (unpaired) electrons. The summed E-state index contributed by atoms with van der Waals surface area (Å²) >= 11 is 0. The maximum absolute atomic E-state index is 2.30. The van der Waals surface area contributed by atoms with Crippen molar-refractivity contribution in [3.05, 3.63) is 132 Å². The molecule has 0 bridgehead atoms. The van der Waals surface area contributed by atoms with Gasteiger partial charge >= 0.3 is 0 Å². The number of hydrogen-bond donors (Lipinski definition) is 0. The molecule has 0 saturated carbocycles. The third-order valence-electron chi connectivity index (χ3n) is 5.68. The zero-order valence-electron chi connectivity index (χ0n) is 15.8. The molecule has 0 aliphatic carbocycles. The fourth-order valence-corrected chi connectivity index (χ4v) is 4.35. The van der Waals surface area contributed by atoms with Crippen molar-refractivity contribution in [3.8, 4) is 0 Å². The normalized spacial score (nSPS) is 11.3. The fraction of sp³-hybridized carbons (Fsp3) is 0.0714. The lowest BCUT2D eigenvalue weighted by atomic mass is 9.81. The second kappa shape index (κ2) is 7.32. The van der Waals surface area contributed by atoms with Crippen LogP contribution in [-0.2, 0) is 6.42 Å². The van der Waals surface area contributed by atoms with Crippen molar-refractivity contribution in [2.45, 2.75) is 12.3 Å². The smallest absolute Gasteiger partial charge is 0.0142 e. The Labute approximate surface area is 166 Å². The van der Waals surface area contributed by atoms with E-state index in [9.17, 15) is 0 Å². The summed E-state index contributed by atoms with van der Waals surface area (Å²) in [6, 6.07) is 41.7. The topological polar surface area (TPSA) is 0 Å². The van der Waals surface area contributed by atoms with Crippen LogP contribution in [0.2, 0.25) is 0 Å². The van der Waals surface area contributed by atoms with Crippen molar-refractivity contribution in [1.29, 1.82) is 0 Å². The molecule has 0 saturated heterocycles. The van der Waals surface area contributed by atoms with Crippen LogP contribution in [0.25, 0.3) is 21.5 Å². The predicted molar refractivity (Wildman–Crippen MR) is 120 cm³/mol. The Morgan fingerprint density at radius 2 is 0.893 bits per heavy atom. The van der Waals surface area contributed by atoms with Gasteiger partial charge in [0, 0.05) is 5.92 Å². The molecule has 0 N–H and O–H groups in total. The first-order valence-corrected chi connectivity index (χ1v) is 9.89. The largest absolute Gasteiger partial charge is 0.0622 e. The number of benzene rings is 5. The minimum Gasteiger partial charge on any atom is -0.0622 e. The molecule has 0 heterocycles. The van der Waals surface area contributed by atoms with Crippen molar-refractivity contribution in [2.75, 3.05) is 0 Å². The summed E-state index contributed by atoms with van der Waals surface area (Å²) in [5.41, 5.74) is 4.17. The molecule has 5 rings (SSSR count). The Morgan fingerprint density at radius 3 is 1.46 bits per heavy atom. The van der Waals surface area contributed by atoms with Gasteiger partial charge in [0.05, 0.1) is 0 Å². The molecule has 0 atom stereocenters. The molecule has 5 aromatic rings. The van der Waals surface area contributed by atoms with E-state index in [2.05, 4.69) is 115 Å². The summed E-state index contributed by atoms with van der Waals surface area (Å²) in [4.78, 5) is 0. The van der Waals surface area contributed by atoms with Crippen LogP contribution >= 0.6 is 0 Å². The van der Waals surface area contributed by atoms with Gasteiger partial charge in [-0.15, -0.1) is 0 Å². The SMILES string of the molecule is c1ccc(CC(c2cccc3ccccc23)c2cccc3ccccc23)cc1. The van der Waals surface area contributed by atoms with E-state index in [4.69, 9.17) is 0 Å². The molecule has 0 aliphatic heterocycles. The molecular weight excluding hydrogens is 336 g/mol. The van der Waals surface area contributed by atoms with Crippen LogP contribution in [0, 0.1) is 0 Å². The van der Waals surface area contributed by atoms with Crippen LogP contribution in [0.5, 0.6) is 0 Å². The van der Waals surface area contributed by atoms with Gasteiger partial charge in [-0.3, -0.25) is 0 Å². The van der Waals surface area contributed by atoms with E-state index in [1.165, 1.54) is 38.2 Å². The number of fused-ring (bicyclic) bond motifs is 2. The molecule has 0 nitrogen and oxygen atoms in total. The highest BCUT2D eigenvalue weighted by Gasteiger charge is 2.19. The summed E-state index contributed by atoms with van der Waals surface area (Å²) < 4.78 is 0. The van der Waals surface area contributed by atoms with E-state index in [0.717, 1.165) is 6.42 Å². The third kappa shape index (κ3) is 3.08. The molecule has 5 aromatic carbocycles. The maximum atomic E-state index is 2.30. The van der Waals surface area contributed by atoms with Crippen molar-refractivity contribution < 1.29 is 0 Å². The molecule has 0 spiro atoms. The van der Waals surface area contributed by atoms with E-state index < -0.39 is 0 Å². The molecule has 0 amide bonds. The van der Waals surface area contributed by atoms with Crippen molar-refractivity contribution in [3.63, 3.8) is 0 Å². The van der Waals surface area contributed by atoms with Gasteiger partial charge in [-0.25, -0.2) is 0 Å². The average Bonchev–Trinajstić information content (AvgIpc) is 2.78. The number of hydrogen-bond acceptors (Lipinski definition) is 0. The first-order valence-electron chi connectivity index (χ1n) is 9.89. The highest BCUT2D eigenvalue weighted by atomic mass is 14.2. The third-order valence-corrected chi connectivity index (χ3v) is 5.68. The quantitative estimate of drug-likeness (QED) is 0.315. The summed E-state index contributed by atoms with van der Waals surface area (Å²) in [6.45, 7) is 0. The van der Waals surface area contributed by atoms with Gasteiger partial charge in [-0.1, -0.05) is 115 Å². The zero-order chi connectivity index (χ0) is 18.8. The lowest BCUT2D eigenvalue weighted by molar-refractivity contribution is 0.819. The van der Waals surface area contributed by atoms with Gasteiger partial charge < -0.3 is 0 Å². The number of rotatable bonds is 4. The molecule has 28 heavy (non-hydrogen) atoms. The Bertz CT molecular complexity index is 1140. The van der Waals surface area contributed by atoms with Crippen LogP contribution in [-0.4, -0.2) is 0 Å². The zero-order valence-corrected chi connectivity index (χ0v) is 15.8. The van der Waals surface area contributed by atoms with Crippen molar-refractivity contribution in [1.82, 2.24) is 0 Å². The predicted octanol–water partition coefficient (Wildman–Crippen LogP) is 7.37. The Morgan fingerprint density at radius 1 is 0.429 bits per heavy atom. The highest BCUT2D eigenvalue weighted by Crippen LogP contribution is 2.36. The van der Waals surface area contributed by atoms with Crippen molar-refractivity contribution >= 4 is 21.5 Å². The lowest BCUT2D eigenvalue weighted by Gasteiger charge is -2.22. The van der Waals surface area contributed by atoms with Gasteiger partial charge in [0.1, 0.15) is 0 Å². The lowest BCUT2D eigenvalue weighted by Crippen LogP contribution is -2.06. The molecule has 0 heteroatoms. The Kier molecular flexibility index (Phi) is 4.39. The second-order valence-corrected chi connectivity index (χ2v) is 7.38. The summed E-state index contributed by atoms with van der Waals surface area (Å²) in [6.07, 6.45) is 0.989. The molecule has 0 unspecified atom stereocenters. The van der Waals surface area contributed by atoms with Crippen LogP contribution in [0.3, 0.4) is 0 Å². The van der Waals surface area contributed by atoms with Crippen LogP contribution in [0.1, 0.15) is 22.6 Å². The molecule has 0 aliphatic rings. The van der Waals surface area contributed by atoms with Crippen LogP contribution in [0.15, 0.2) is 115 Å². The fourth-order valence-electron chi connectivity index (χ4n) is 4.35. The minimum atomic E-state index is 0.305.